The van der Waals surface area contributed by atoms with E-state index >= 15 is 0 Å². The van der Waals surface area contributed by atoms with E-state index in [-0.39, 0.29) is 81.0 Å². The number of hydrogen-bond acceptors (Lipinski definition) is 13. The highest BCUT2D eigenvalue weighted by Crippen LogP contribution is 2.57. The van der Waals surface area contributed by atoms with Crippen molar-refractivity contribution < 1.29 is 57.4 Å². The van der Waals surface area contributed by atoms with E-state index in [0.29, 0.717) is 5.56 Å². The molecule has 3 aromatic rings. The zero-order chi connectivity index (χ0) is 30.2. The molecule has 3 aliphatic heterocycles. The average molecular weight is 610 g/mol. The Morgan fingerprint density at radius 2 is 1.51 bits per heavy atom. The first-order valence-corrected chi connectivity index (χ1v) is 13.4. The van der Waals surface area contributed by atoms with E-state index in [1.165, 1.54) is 33.5 Å². The highest BCUT2D eigenvalue weighted by molar-refractivity contribution is 8.18. The maximum absolute atomic E-state index is 13.1. The maximum Gasteiger partial charge on any atom is 0.338 e. The molecule has 0 bridgehead atoms. The third kappa shape index (κ3) is 5.00. The van der Waals surface area contributed by atoms with Crippen molar-refractivity contribution >= 4 is 35.0 Å². The van der Waals surface area contributed by atoms with E-state index in [4.69, 9.17) is 37.9 Å². The summed E-state index contributed by atoms with van der Waals surface area (Å²) in [6.45, 7) is -0.300. The summed E-state index contributed by atoms with van der Waals surface area (Å²) in [4.78, 5) is 36.6. The Balaban J connectivity index is 1.45. The van der Waals surface area contributed by atoms with Gasteiger partial charge in [0.15, 0.2) is 23.0 Å². The van der Waals surface area contributed by atoms with Crippen molar-refractivity contribution in [1.82, 2.24) is 5.32 Å². The SMILES string of the molecule is COC(=O)c1cc(OC)c2c(c1-c1c(C(O)Oc3ccc(/C=C4\SC(=O)NC4=O)cc3)cc(OC)c3c1OCO3)OCO2. The first-order chi connectivity index (χ1) is 20.8. The minimum Gasteiger partial charge on any atom is -0.493 e. The van der Waals surface area contributed by atoms with Gasteiger partial charge in [-0.2, -0.15) is 0 Å². The number of fused-ring (bicyclic) bond motifs is 2. The van der Waals surface area contributed by atoms with Gasteiger partial charge in [0.25, 0.3) is 11.1 Å². The minimum atomic E-state index is -1.62. The van der Waals surface area contributed by atoms with Crippen LogP contribution in [0.1, 0.15) is 27.8 Å². The molecular weight excluding hydrogens is 586 g/mol. The van der Waals surface area contributed by atoms with Gasteiger partial charge in [-0.1, -0.05) is 12.1 Å². The van der Waals surface area contributed by atoms with Gasteiger partial charge in [-0.3, -0.25) is 14.9 Å². The fourth-order valence-corrected chi connectivity index (χ4v) is 5.46. The lowest BCUT2D eigenvalue weighted by molar-refractivity contribution is -0.115. The van der Waals surface area contributed by atoms with Crippen LogP contribution in [0, 0.1) is 0 Å². The second-order valence-corrected chi connectivity index (χ2v) is 10.1. The number of esters is 1. The molecule has 3 heterocycles. The number of hydrogen-bond donors (Lipinski definition) is 2. The molecule has 1 atom stereocenters. The summed E-state index contributed by atoms with van der Waals surface area (Å²) in [7, 11) is 4.08. The standard InChI is InChI=1S/C29H23NO12S/c1-35-17-9-15(27(32)37-3)20(24-22(17)38-11-40-24)21-16(10-18(36-2)23-25(21)41-12-39-23)28(33)42-14-6-4-13(5-7-14)8-19-26(31)30-29(34)43-19/h4-10,28,33H,11-12H2,1-3H3,(H,30,31,34)/b19-8-. The van der Waals surface area contributed by atoms with Crippen molar-refractivity contribution in [2.75, 3.05) is 34.9 Å². The van der Waals surface area contributed by atoms with Crippen LogP contribution in [0.25, 0.3) is 17.2 Å². The third-order valence-corrected chi connectivity index (χ3v) is 7.49. The molecule has 2 N–H and O–H groups in total. The lowest BCUT2D eigenvalue weighted by atomic mass is 9.91. The monoisotopic (exact) mass is 609 g/mol. The number of thioether (sulfide) groups is 1. The summed E-state index contributed by atoms with van der Waals surface area (Å²) in [6, 6.07) is 9.43. The van der Waals surface area contributed by atoms with Crippen molar-refractivity contribution in [3.63, 3.8) is 0 Å². The van der Waals surface area contributed by atoms with Crippen molar-refractivity contribution in [1.29, 1.82) is 0 Å². The normalized spacial score (nSPS) is 16.2. The van der Waals surface area contributed by atoms with Gasteiger partial charge in [-0.25, -0.2) is 4.79 Å². The molecule has 0 saturated carbocycles. The van der Waals surface area contributed by atoms with Crippen molar-refractivity contribution in [3.05, 3.63) is 58.0 Å². The van der Waals surface area contributed by atoms with Gasteiger partial charge in [0.2, 0.25) is 31.4 Å². The molecule has 14 heteroatoms. The van der Waals surface area contributed by atoms with E-state index in [2.05, 4.69) is 5.32 Å². The van der Waals surface area contributed by atoms with Gasteiger partial charge in [0.1, 0.15) is 5.75 Å². The number of ether oxygens (including phenoxy) is 8. The molecular formula is C29H23NO12S. The Bertz CT molecular complexity index is 1680. The quantitative estimate of drug-likeness (QED) is 0.215. The number of methoxy groups -OCH3 is 3. The molecule has 43 heavy (non-hydrogen) atoms. The van der Waals surface area contributed by atoms with E-state index in [9.17, 15) is 19.5 Å². The fourth-order valence-electron chi connectivity index (χ4n) is 4.78. The number of aliphatic hydroxyl groups excluding tert-OH is 1. The van der Waals surface area contributed by atoms with E-state index in [1.807, 2.05) is 0 Å². The number of carbonyl (C=O) groups excluding carboxylic acids is 3. The van der Waals surface area contributed by atoms with Crippen LogP contribution in [0.5, 0.6) is 40.2 Å². The second kappa shape index (κ2) is 11.3. The molecule has 0 aromatic heterocycles. The van der Waals surface area contributed by atoms with Crippen LogP contribution < -0.4 is 38.5 Å². The highest BCUT2D eigenvalue weighted by atomic mass is 32.2. The van der Waals surface area contributed by atoms with E-state index < -0.39 is 23.4 Å². The molecule has 13 nitrogen and oxygen atoms in total. The first kappa shape index (κ1) is 28.1. The lowest BCUT2D eigenvalue weighted by Crippen LogP contribution is -2.17. The van der Waals surface area contributed by atoms with Crippen LogP contribution in [0.15, 0.2) is 41.3 Å². The molecule has 2 amide bonds. The Labute approximate surface area is 248 Å². The molecule has 0 aliphatic carbocycles. The first-order valence-electron chi connectivity index (χ1n) is 12.6. The highest BCUT2D eigenvalue weighted by Gasteiger charge is 2.37. The van der Waals surface area contributed by atoms with Crippen molar-refractivity contribution in [3.8, 4) is 51.4 Å². The van der Waals surface area contributed by atoms with Gasteiger partial charge in [0, 0.05) is 16.7 Å². The van der Waals surface area contributed by atoms with Crippen LogP contribution in [0.4, 0.5) is 4.79 Å². The summed E-state index contributed by atoms with van der Waals surface area (Å²) in [5.74, 6) is 0.412. The van der Waals surface area contributed by atoms with Gasteiger partial charge >= 0.3 is 5.97 Å². The molecule has 6 rings (SSSR count). The zero-order valence-electron chi connectivity index (χ0n) is 22.9. The summed E-state index contributed by atoms with van der Waals surface area (Å²) >= 11 is 0.805. The number of imide groups is 1. The van der Waals surface area contributed by atoms with Crippen LogP contribution in [-0.2, 0) is 9.53 Å². The summed E-state index contributed by atoms with van der Waals surface area (Å²) in [5.41, 5.74) is 1.25. The van der Waals surface area contributed by atoms with Crippen LogP contribution in [0.2, 0.25) is 0 Å². The van der Waals surface area contributed by atoms with E-state index in [0.717, 1.165) is 11.8 Å². The number of nitrogens with one attached hydrogen (secondary N) is 1. The van der Waals surface area contributed by atoms with Gasteiger partial charge in [-0.05, 0) is 47.7 Å². The predicted molar refractivity (Wildman–Crippen MR) is 150 cm³/mol. The van der Waals surface area contributed by atoms with Gasteiger partial charge in [0.05, 0.1) is 31.8 Å². The maximum atomic E-state index is 13.1. The predicted octanol–water partition coefficient (Wildman–Crippen LogP) is 4.01. The molecule has 3 aromatic carbocycles. The molecule has 0 spiro atoms. The molecule has 1 fully saturated rings. The van der Waals surface area contributed by atoms with E-state index in [1.54, 1.807) is 30.3 Å². The molecule has 0 radical (unpaired) electrons. The second-order valence-electron chi connectivity index (χ2n) is 9.06. The molecule has 1 unspecified atom stereocenters. The molecule has 222 valence electrons. The molecule has 3 aliphatic rings. The lowest BCUT2D eigenvalue weighted by Gasteiger charge is -2.22. The largest absolute Gasteiger partial charge is 0.493 e. The number of carbonyl (C=O) groups is 3. The zero-order valence-corrected chi connectivity index (χ0v) is 23.7. The number of amides is 2. The minimum absolute atomic E-state index is 0.0459. The fraction of sp³-hybridized carbons (Fsp3) is 0.207. The van der Waals surface area contributed by atoms with Gasteiger partial charge in [-0.15, -0.1) is 0 Å². The number of aliphatic hydroxyl groups is 1. The van der Waals surface area contributed by atoms with Crippen molar-refractivity contribution in [2.24, 2.45) is 0 Å². The molecule has 1 saturated heterocycles. The number of rotatable bonds is 8. The third-order valence-electron chi connectivity index (χ3n) is 6.68. The summed E-state index contributed by atoms with van der Waals surface area (Å²) < 4.78 is 44.8. The average Bonchev–Trinajstić information content (AvgIpc) is 3.76. The smallest absolute Gasteiger partial charge is 0.338 e. The summed E-state index contributed by atoms with van der Waals surface area (Å²) in [6.07, 6.45) is -0.0611. The Morgan fingerprint density at radius 1 is 0.907 bits per heavy atom. The van der Waals surface area contributed by atoms with Crippen LogP contribution in [-0.4, -0.2) is 57.1 Å². The van der Waals surface area contributed by atoms with Gasteiger partial charge < -0.3 is 43.0 Å². The van der Waals surface area contributed by atoms with Crippen LogP contribution in [0.3, 0.4) is 0 Å². The van der Waals surface area contributed by atoms with Crippen LogP contribution >= 0.6 is 11.8 Å². The Morgan fingerprint density at radius 3 is 2.09 bits per heavy atom. The number of benzene rings is 3. The Kier molecular flexibility index (Phi) is 7.38. The topological polar surface area (TPSA) is 157 Å². The Hall–Kier alpha value is -5.08. The van der Waals surface area contributed by atoms with Crippen molar-refractivity contribution in [2.45, 2.75) is 6.29 Å². The summed E-state index contributed by atoms with van der Waals surface area (Å²) in [5, 5.41) is 13.2.